The molecule has 0 aliphatic rings. The van der Waals surface area contributed by atoms with E-state index in [-0.39, 0.29) is 22.0 Å². The Bertz CT molecular complexity index is 688. The second-order valence-corrected chi connectivity index (χ2v) is 5.72. The minimum atomic E-state index is -3.39. The summed E-state index contributed by atoms with van der Waals surface area (Å²) in [6.07, 6.45) is 2.99. The van der Waals surface area contributed by atoms with Gasteiger partial charge in [-0.05, 0) is 12.1 Å². The molecule has 7 heteroatoms. The van der Waals surface area contributed by atoms with Crippen molar-refractivity contribution < 1.29 is 13.2 Å². The van der Waals surface area contributed by atoms with E-state index in [0.29, 0.717) is 0 Å². The standard InChI is InChI=1S/C10H11N3O3S/c1-2-17(15,16)8-6-13-5-3-4-7(9(11)14)10(13)12-8/h3-6H,2H2,1H3,(H2,11,14). The minimum Gasteiger partial charge on any atom is -0.365 e. The number of imidazole rings is 1. The third-order valence-electron chi connectivity index (χ3n) is 2.42. The van der Waals surface area contributed by atoms with Gasteiger partial charge in [-0.1, -0.05) is 6.92 Å². The van der Waals surface area contributed by atoms with Crippen molar-refractivity contribution in [2.24, 2.45) is 5.73 Å². The van der Waals surface area contributed by atoms with Gasteiger partial charge in [-0.25, -0.2) is 13.4 Å². The molecule has 0 atom stereocenters. The summed E-state index contributed by atoms with van der Waals surface area (Å²) in [5.74, 6) is -0.676. The van der Waals surface area contributed by atoms with E-state index in [0.717, 1.165) is 0 Å². The van der Waals surface area contributed by atoms with Crippen molar-refractivity contribution in [2.45, 2.75) is 11.9 Å². The Hall–Kier alpha value is -1.89. The van der Waals surface area contributed by atoms with Crippen molar-refractivity contribution in [1.29, 1.82) is 0 Å². The van der Waals surface area contributed by atoms with E-state index in [1.807, 2.05) is 0 Å². The minimum absolute atomic E-state index is 0.0389. The van der Waals surface area contributed by atoms with Gasteiger partial charge < -0.3 is 10.1 Å². The molecule has 0 unspecified atom stereocenters. The Balaban J connectivity index is 2.75. The quantitative estimate of drug-likeness (QED) is 0.846. The maximum absolute atomic E-state index is 11.7. The predicted molar refractivity (Wildman–Crippen MR) is 61.4 cm³/mol. The first kappa shape index (κ1) is 11.6. The van der Waals surface area contributed by atoms with Crippen LogP contribution >= 0.6 is 0 Å². The van der Waals surface area contributed by atoms with Gasteiger partial charge in [0.15, 0.2) is 20.5 Å². The van der Waals surface area contributed by atoms with Gasteiger partial charge in [0.1, 0.15) is 0 Å². The molecule has 0 bridgehead atoms. The van der Waals surface area contributed by atoms with Crippen LogP contribution in [0.4, 0.5) is 0 Å². The Morgan fingerprint density at radius 3 is 2.82 bits per heavy atom. The lowest BCUT2D eigenvalue weighted by Gasteiger charge is -1.96. The maximum atomic E-state index is 11.7. The molecule has 2 aromatic rings. The molecule has 2 aromatic heterocycles. The number of pyridine rings is 1. The van der Waals surface area contributed by atoms with Crippen molar-refractivity contribution in [3.05, 3.63) is 30.1 Å². The molecule has 0 aliphatic carbocycles. The number of nitrogens with two attached hydrogens (primary N) is 1. The van der Waals surface area contributed by atoms with Gasteiger partial charge in [0.25, 0.3) is 5.91 Å². The number of fused-ring (bicyclic) bond motifs is 1. The highest BCUT2D eigenvalue weighted by Crippen LogP contribution is 2.15. The van der Waals surface area contributed by atoms with Crippen molar-refractivity contribution >= 4 is 21.4 Å². The third kappa shape index (κ3) is 1.89. The highest BCUT2D eigenvalue weighted by molar-refractivity contribution is 7.91. The van der Waals surface area contributed by atoms with Gasteiger partial charge in [-0.2, -0.15) is 0 Å². The van der Waals surface area contributed by atoms with Crippen molar-refractivity contribution in [3.8, 4) is 0 Å². The number of primary amides is 1. The third-order valence-corrected chi connectivity index (χ3v) is 4.02. The molecule has 2 N–H and O–H groups in total. The van der Waals surface area contributed by atoms with Crippen molar-refractivity contribution in [2.75, 3.05) is 5.75 Å². The number of aromatic nitrogens is 2. The molecule has 0 fully saturated rings. The molecule has 2 rings (SSSR count). The van der Waals surface area contributed by atoms with Gasteiger partial charge in [-0.3, -0.25) is 4.79 Å². The average Bonchev–Trinajstić information content (AvgIpc) is 2.72. The van der Waals surface area contributed by atoms with Gasteiger partial charge in [0.05, 0.1) is 11.3 Å². The molecule has 17 heavy (non-hydrogen) atoms. The summed E-state index contributed by atoms with van der Waals surface area (Å²) < 4.78 is 24.8. The van der Waals surface area contributed by atoms with Crippen LogP contribution in [0.1, 0.15) is 17.3 Å². The smallest absolute Gasteiger partial charge is 0.252 e. The second kappa shape index (κ2) is 3.85. The van der Waals surface area contributed by atoms with Crippen LogP contribution in [0.3, 0.4) is 0 Å². The highest BCUT2D eigenvalue weighted by atomic mass is 32.2. The molecule has 0 aromatic carbocycles. The summed E-state index contributed by atoms with van der Waals surface area (Å²) >= 11 is 0. The molecule has 6 nitrogen and oxygen atoms in total. The molecule has 1 amide bonds. The maximum Gasteiger partial charge on any atom is 0.252 e. The van der Waals surface area contributed by atoms with Crippen LogP contribution in [0.25, 0.3) is 5.65 Å². The van der Waals surface area contributed by atoms with Gasteiger partial charge in [-0.15, -0.1) is 0 Å². The molecule has 90 valence electrons. The van der Waals surface area contributed by atoms with E-state index in [9.17, 15) is 13.2 Å². The SMILES string of the molecule is CCS(=O)(=O)c1cn2cccc(C(N)=O)c2n1. The monoisotopic (exact) mass is 253 g/mol. The topological polar surface area (TPSA) is 94.5 Å². The van der Waals surface area contributed by atoms with E-state index in [4.69, 9.17) is 5.73 Å². The second-order valence-electron chi connectivity index (χ2n) is 3.50. The normalized spacial score (nSPS) is 11.8. The van der Waals surface area contributed by atoms with E-state index in [1.54, 1.807) is 12.3 Å². The largest absolute Gasteiger partial charge is 0.365 e. The summed E-state index contributed by atoms with van der Waals surface area (Å²) in [4.78, 5) is 15.1. The van der Waals surface area contributed by atoms with Gasteiger partial charge in [0.2, 0.25) is 0 Å². The summed E-state index contributed by atoms with van der Waals surface area (Å²) in [6.45, 7) is 1.54. The lowest BCUT2D eigenvalue weighted by Crippen LogP contribution is -2.12. The van der Waals surface area contributed by atoms with Crippen molar-refractivity contribution in [1.82, 2.24) is 9.38 Å². The Morgan fingerprint density at radius 1 is 1.53 bits per heavy atom. The first-order valence-corrected chi connectivity index (χ1v) is 6.61. The van der Waals surface area contributed by atoms with Crippen LogP contribution in [-0.2, 0) is 9.84 Å². The number of sulfone groups is 1. The Kier molecular flexibility index (Phi) is 2.62. The number of carbonyl (C=O) groups is 1. The first-order chi connectivity index (χ1) is 7.95. The molecule has 2 heterocycles. The highest BCUT2D eigenvalue weighted by Gasteiger charge is 2.18. The van der Waals surface area contributed by atoms with E-state index < -0.39 is 15.7 Å². The Morgan fingerprint density at radius 2 is 2.24 bits per heavy atom. The molecule has 0 spiro atoms. The lowest BCUT2D eigenvalue weighted by atomic mass is 10.2. The number of hydrogen-bond donors (Lipinski definition) is 1. The summed E-state index contributed by atoms with van der Waals surface area (Å²) in [5, 5.41) is -0.0475. The van der Waals surface area contributed by atoms with Gasteiger partial charge in [0, 0.05) is 12.4 Å². The van der Waals surface area contributed by atoms with Crippen LogP contribution in [0, 0.1) is 0 Å². The fourth-order valence-corrected chi connectivity index (χ4v) is 2.28. The van der Waals surface area contributed by atoms with Gasteiger partial charge >= 0.3 is 0 Å². The number of hydrogen-bond acceptors (Lipinski definition) is 4. The van der Waals surface area contributed by atoms with Crippen LogP contribution in [-0.4, -0.2) is 29.5 Å². The predicted octanol–water partition coefficient (Wildman–Crippen LogP) is 0.227. The van der Waals surface area contributed by atoms with Crippen LogP contribution < -0.4 is 5.73 Å². The number of rotatable bonds is 3. The summed E-state index contributed by atoms with van der Waals surface area (Å²) in [6, 6.07) is 3.12. The fourth-order valence-electron chi connectivity index (χ4n) is 1.48. The molecule has 0 saturated heterocycles. The summed E-state index contributed by atoms with van der Waals surface area (Å²) in [5.41, 5.74) is 5.64. The average molecular weight is 253 g/mol. The zero-order valence-corrected chi connectivity index (χ0v) is 9.94. The Labute approximate surface area is 98.0 Å². The zero-order chi connectivity index (χ0) is 12.6. The molecule has 0 saturated carbocycles. The van der Waals surface area contributed by atoms with E-state index in [1.165, 1.54) is 23.6 Å². The number of nitrogens with zero attached hydrogens (tertiary/aromatic N) is 2. The zero-order valence-electron chi connectivity index (χ0n) is 9.12. The van der Waals surface area contributed by atoms with E-state index in [2.05, 4.69) is 4.98 Å². The number of carbonyl (C=O) groups excluding carboxylic acids is 1. The van der Waals surface area contributed by atoms with Crippen LogP contribution in [0.5, 0.6) is 0 Å². The molecular formula is C10H11N3O3S. The molecule has 0 radical (unpaired) electrons. The van der Waals surface area contributed by atoms with E-state index >= 15 is 0 Å². The first-order valence-electron chi connectivity index (χ1n) is 4.96. The van der Waals surface area contributed by atoms with Crippen molar-refractivity contribution in [3.63, 3.8) is 0 Å². The summed E-state index contributed by atoms with van der Waals surface area (Å²) in [7, 11) is -3.39. The van der Waals surface area contributed by atoms with Crippen LogP contribution in [0.15, 0.2) is 29.6 Å². The molecule has 0 aliphatic heterocycles. The molecular weight excluding hydrogens is 242 g/mol. The fraction of sp³-hybridized carbons (Fsp3) is 0.200. The lowest BCUT2D eigenvalue weighted by molar-refractivity contribution is 0.100. The van der Waals surface area contributed by atoms with Crippen LogP contribution in [0.2, 0.25) is 0 Å². The number of amides is 1.